The number of hydrogen-bond donors (Lipinski definition) is 0. The van der Waals surface area contributed by atoms with Gasteiger partial charge in [0, 0.05) is 0 Å². The van der Waals surface area contributed by atoms with Crippen LogP contribution in [0, 0.1) is 5.82 Å². The van der Waals surface area contributed by atoms with E-state index in [2.05, 4.69) is 20.7 Å². The Balaban J connectivity index is 2.86. The lowest BCUT2D eigenvalue weighted by atomic mass is 10.3. The largest absolute Gasteiger partial charge is 0.573 e. The van der Waals surface area contributed by atoms with Crippen molar-refractivity contribution in [3.63, 3.8) is 0 Å². The third-order valence-electron chi connectivity index (χ3n) is 1.12. The molecule has 0 unspecified atom stereocenters. The van der Waals surface area contributed by atoms with Crippen LogP contribution < -0.4 is 4.74 Å². The molecule has 1 rings (SSSR count). The van der Waals surface area contributed by atoms with E-state index < -0.39 is 17.9 Å². The zero-order valence-electron chi connectivity index (χ0n) is 6.03. The molecular weight excluding hydrogens is 256 g/mol. The summed E-state index contributed by atoms with van der Waals surface area (Å²) in [5.74, 6) is -1.10. The molecule has 13 heavy (non-hydrogen) atoms. The zero-order chi connectivity index (χ0) is 10.1. The van der Waals surface area contributed by atoms with Crippen LogP contribution in [0.2, 0.25) is 0 Å². The molecule has 6 heteroatoms. The Hall–Kier alpha value is -0.780. The number of hydrogen-bond acceptors (Lipinski definition) is 1. The van der Waals surface area contributed by atoms with E-state index in [-0.39, 0.29) is 4.47 Å². The van der Waals surface area contributed by atoms with Gasteiger partial charge >= 0.3 is 6.36 Å². The van der Waals surface area contributed by atoms with Crippen molar-refractivity contribution >= 4 is 15.9 Å². The van der Waals surface area contributed by atoms with E-state index in [1.807, 2.05) is 0 Å². The smallest absolute Gasteiger partial charge is 0.406 e. The standard InChI is InChI=1S/C7H3BrF4O/c8-5-3-4(1-2-6(5)9)13-7(10,11)12/h1-3H. The maximum absolute atomic E-state index is 12.5. The van der Waals surface area contributed by atoms with E-state index in [0.29, 0.717) is 0 Å². The topological polar surface area (TPSA) is 9.23 Å². The van der Waals surface area contributed by atoms with Gasteiger partial charge in [-0.1, -0.05) is 0 Å². The van der Waals surface area contributed by atoms with E-state index in [9.17, 15) is 17.6 Å². The maximum atomic E-state index is 12.5. The van der Waals surface area contributed by atoms with Gasteiger partial charge in [-0.15, -0.1) is 13.2 Å². The summed E-state index contributed by atoms with van der Waals surface area (Å²) < 4.78 is 50.9. The van der Waals surface area contributed by atoms with Crippen molar-refractivity contribution in [3.05, 3.63) is 28.5 Å². The minimum atomic E-state index is -4.75. The zero-order valence-corrected chi connectivity index (χ0v) is 7.62. The van der Waals surface area contributed by atoms with Gasteiger partial charge in [0.05, 0.1) is 4.47 Å². The average molecular weight is 259 g/mol. The summed E-state index contributed by atoms with van der Waals surface area (Å²) in [5, 5.41) is 0. The van der Waals surface area contributed by atoms with Gasteiger partial charge in [-0.2, -0.15) is 0 Å². The van der Waals surface area contributed by atoms with Crippen molar-refractivity contribution in [1.29, 1.82) is 0 Å². The molecule has 0 amide bonds. The van der Waals surface area contributed by atoms with Crippen LogP contribution in [0.5, 0.6) is 5.75 Å². The molecule has 0 fully saturated rings. The molecule has 0 aliphatic carbocycles. The van der Waals surface area contributed by atoms with Crippen molar-refractivity contribution in [2.45, 2.75) is 6.36 Å². The summed E-state index contributed by atoms with van der Waals surface area (Å²) >= 11 is 2.73. The number of ether oxygens (including phenoxy) is 1. The molecule has 1 aromatic carbocycles. The molecule has 0 aromatic heterocycles. The first kappa shape index (κ1) is 10.3. The van der Waals surface area contributed by atoms with Crippen LogP contribution in [-0.2, 0) is 0 Å². The number of benzene rings is 1. The number of rotatable bonds is 1. The van der Waals surface area contributed by atoms with Crippen molar-refractivity contribution in [2.75, 3.05) is 0 Å². The first-order valence-corrected chi connectivity index (χ1v) is 3.88. The monoisotopic (exact) mass is 258 g/mol. The Morgan fingerprint density at radius 1 is 1.23 bits per heavy atom. The van der Waals surface area contributed by atoms with Crippen LogP contribution in [0.4, 0.5) is 17.6 Å². The highest BCUT2D eigenvalue weighted by Crippen LogP contribution is 2.26. The van der Waals surface area contributed by atoms with E-state index in [0.717, 1.165) is 18.2 Å². The Labute approximate surface area is 79.4 Å². The fourth-order valence-corrected chi connectivity index (χ4v) is 1.03. The van der Waals surface area contributed by atoms with Gasteiger partial charge in [-0.05, 0) is 34.1 Å². The molecule has 0 spiro atoms. The first-order valence-electron chi connectivity index (χ1n) is 3.09. The number of halogens is 5. The summed E-state index contributed by atoms with van der Waals surface area (Å²) in [6.45, 7) is 0. The Morgan fingerprint density at radius 3 is 2.31 bits per heavy atom. The van der Waals surface area contributed by atoms with Crippen molar-refractivity contribution < 1.29 is 22.3 Å². The molecular formula is C7H3BrF4O. The molecule has 0 saturated carbocycles. The minimum Gasteiger partial charge on any atom is -0.406 e. The Kier molecular flexibility index (Phi) is 2.80. The maximum Gasteiger partial charge on any atom is 0.573 e. The highest BCUT2D eigenvalue weighted by atomic mass is 79.9. The summed E-state index contributed by atoms with van der Waals surface area (Å²) in [6, 6.07) is 2.68. The lowest BCUT2D eigenvalue weighted by Gasteiger charge is -2.08. The molecule has 0 bridgehead atoms. The summed E-state index contributed by atoms with van der Waals surface area (Å²) in [5.41, 5.74) is 0. The molecule has 0 aliphatic rings. The minimum absolute atomic E-state index is 0.0748. The van der Waals surface area contributed by atoms with Crippen LogP contribution >= 0.6 is 15.9 Å². The normalized spacial score (nSPS) is 11.5. The van der Waals surface area contributed by atoms with Gasteiger partial charge in [0.2, 0.25) is 0 Å². The fraction of sp³-hybridized carbons (Fsp3) is 0.143. The third-order valence-corrected chi connectivity index (χ3v) is 1.73. The summed E-state index contributed by atoms with van der Waals surface area (Å²) in [6.07, 6.45) is -4.75. The highest BCUT2D eigenvalue weighted by Gasteiger charge is 2.31. The average Bonchev–Trinajstić information content (AvgIpc) is 1.94. The van der Waals surface area contributed by atoms with Gasteiger partial charge in [-0.25, -0.2) is 4.39 Å². The molecule has 1 aromatic rings. The van der Waals surface area contributed by atoms with Gasteiger partial charge in [0.1, 0.15) is 11.6 Å². The van der Waals surface area contributed by atoms with Crippen LogP contribution in [-0.4, -0.2) is 6.36 Å². The molecule has 0 heterocycles. The van der Waals surface area contributed by atoms with E-state index in [4.69, 9.17) is 0 Å². The fourth-order valence-electron chi connectivity index (χ4n) is 0.674. The van der Waals surface area contributed by atoms with Gasteiger partial charge in [0.15, 0.2) is 0 Å². The predicted octanol–water partition coefficient (Wildman–Crippen LogP) is 3.49. The summed E-state index contributed by atoms with van der Waals surface area (Å²) in [7, 11) is 0. The second kappa shape index (κ2) is 3.53. The van der Waals surface area contributed by atoms with Crippen LogP contribution in [0.1, 0.15) is 0 Å². The Bertz CT molecular complexity index is 310. The van der Waals surface area contributed by atoms with Crippen molar-refractivity contribution in [3.8, 4) is 5.75 Å². The van der Waals surface area contributed by atoms with Crippen LogP contribution in [0.25, 0.3) is 0 Å². The van der Waals surface area contributed by atoms with Gasteiger partial charge in [0.25, 0.3) is 0 Å². The van der Waals surface area contributed by atoms with Crippen LogP contribution in [0.15, 0.2) is 22.7 Å². The lowest BCUT2D eigenvalue weighted by Crippen LogP contribution is -2.17. The summed E-state index contributed by atoms with van der Waals surface area (Å²) in [4.78, 5) is 0. The molecule has 72 valence electrons. The Morgan fingerprint density at radius 2 is 1.85 bits per heavy atom. The quantitative estimate of drug-likeness (QED) is 0.701. The van der Waals surface area contributed by atoms with Crippen LogP contribution in [0.3, 0.4) is 0 Å². The van der Waals surface area contributed by atoms with E-state index >= 15 is 0 Å². The second-order valence-electron chi connectivity index (χ2n) is 2.12. The molecule has 1 nitrogen and oxygen atoms in total. The number of alkyl halides is 3. The molecule has 0 N–H and O–H groups in total. The van der Waals surface area contributed by atoms with Crippen molar-refractivity contribution in [1.82, 2.24) is 0 Å². The van der Waals surface area contributed by atoms with E-state index in [1.165, 1.54) is 0 Å². The predicted molar refractivity (Wildman–Crippen MR) is 40.8 cm³/mol. The lowest BCUT2D eigenvalue weighted by molar-refractivity contribution is -0.274. The molecule has 0 aliphatic heterocycles. The molecule has 0 atom stereocenters. The van der Waals surface area contributed by atoms with E-state index in [1.54, 1.807) is 0 Å². The third kappa shape index (κ3) is 3.22. The van der Waals surface area contributed by atoms with Gasteiger partial charge < -0.3 is 4.74 Å². The van der Waals surface area contributed by atoms with Gasteiger partial charge in [-0.3, -0.25) is 0 Å². The first-order chi connectivity index (χ1) is 5.88. The molecule has 0 radical (unpaired) electrons. The SMILES string of the molecule is Fc1ccc(OC(F)(F)F)cc1Br. The second-order valence-corrected chi connectivity index (χ2v) is 2.98. The highest BCUT2D eigenvalue weighted by molar-refractivity contribution is 9.10. The molecule has 0 saturated heterocycles. The van der Waals surface area contributed by atoms with Crippen molar-refractivity contribution in [2.24, 2.45) is 0 Å².